The fourth-order valence-corrected chi connectivity index (χ4v) is 2.79. The van der Waals surface area contributed by atoms with Crippen LogP contribution < -0.4 is 11.1 Å². The van der Waals surface area contributed by atoms with Gasteiger partial charge in [0.15, 0.2) is 5.58 Å². The molecule has 0 spiro atoms. The van der Waals surface area contributed by atoms with Crippen LogP contribution >= 0.6 is 22.6 Å². The van der Waals surface area contributed by atoms with Crippen LogP contribution in [0.15, 0.2) is 51.7 Å². The van der Waals surface area contributed by atoms with Crippen molar-refractivity contribution >= 4 is 33.7 Å². The van der Waals surface area contributed by atoms with Crippen molar-refractivity contribution in [2.75, 3.05) is 6.54 Å². The molecule has 0 radical (unpaired) electrons. The highest BCUT2D eigenvalue weighted by atomic mass is 127. The van der Waals surface area contributed by atoms with Gasteiger partial charge in [0.2, 0.25) is 0 Å². The van der Waals surface area contributed by atoms with E-state index >= 15 is 0 Å². The van der Waals surface area contributed by atoms with E-state index in [9.17, 15) is 4.79 Å². The van der Waals surface area contributed by atoms with Crippen LogP contribution in [0.5, 0.6) is 0 Å². The van der Waals surface area contributed by atoms with E-state index < -0.39 is 5.76 Å². The van der Waals surface area contributed by atoms with Crippen LogP contribution in [0.4, 0.5) is 0 Å². The molecule has 108 valence electrons. The molecule has 0 amide bonds. The molecular formula is C16H15IN2O2. The molecule has 1 aromatic heterocycles. The molecule has 0 aliphatic carbocycles. The lowest BCUT2D eigenvalue weighted by atomic mass is 9.98. The lowest BCUT2D eigenvalue weighted by molar-refractivity contribution is 0.553. The first-order chi connectivity index (χ1) is 10.2. The third-order valence-corrected chi connectivity index (χ3v) is 4.11. The number of aromatic nitrogens is 1. The number of hydrogen-bond acceptors (Lipinski definition) is 3. The lowest BCUT2D eigenvalue weighted by Gasteiger charge is -2.19. The zero-order chi connectivity index (χ0) is 14.8. The molecular weight excluding hydrogens is 379 g/mol. The summed E-state index contributed by atoms with van der Waals surface area (Å²) in [7, 11) is 0. The Morgan fingerprint density at radius 1 is 1.19 bits per heavy atom. The summed E-state index contributed by atoms with van der Waals surface area (Å²) in [6, 6.07) is 14.3. The van der Waals surface area contributed by atoms with Crippen LogP contribution in [0.3, 0.4) is 0 Å². The first kappa shape index (κ1) is 14.3. The number of hydrogen-bond donors (Lipinski definition) is 2. The summed E-state index contributed by atoms with van der Waals surface area (Å²) >= 11 is 2.30. The van der Waals surface area contributed by atoms with E-state index in [2.05, 4.69) is 64.1 Å². The van der Waals surface area contributed by atoms with Crippen molar-refractivity contribution in [2.45, 2.75) is 13.0 Å². The Morgan fingerprint density at radius 3 is 2.62 bits per heavy atom. The van der Waals surface area contributed by atoms with Crippen LogP contribution in [0.25, 0.3) is 11.1 Å². The molecule has 0 aliphatic heterocycles. The molecule has 5 heteroatoms. The molecule has 3 aromatic rings. The number of halogens is 1. The Morgan fingerprint density at radius 2 is 1.90 bits per heavy atom. The number of aromatic amines is 1. The van der Waals surface area contributed by atoms with Gasteiger partial charge in [0.05, 0.1) is 11.6 Å². The number of benzene rings is 2. The predicted octanol–water partition coefficient (Wildman–Crippen LogP) is 3.42. The Labute approximate surface area is 135 Å². The number of nitrogens with one attached hydrogen (secondary N) is 2. The fraction of sp³-hybridized carbons (Fsp3) is 0.188. The van der Waals surface area contributed by atoms with Crippen molar-refractivity contribution in [3.63, 3.8) is 0 Å². The minimum atomic E-state index is -0.420. The Bertz CT molecular complexity index is 805. The summed E-state index contributed by atoms with van der Waals surface area (Å²) in [4.78, 5) is 13.9. The van der Waals surface area contributed by atoms with Gasteiger partial charge in [-0.25, -0.2) is 4.79 Å². The highest BCUT2D eigenvalue weighted by molar-refractivity contribution is 14.1. The third-order valence-electron chi connectivity index (χ3n) is 3.39. The summed E-state index contributed by atoms with van der Waals surface area (Å²) in [6.07, 6.45) is 0. The van der Waals surface area contributed by atoms with Gasteiger partial charge in [-0.3, -0.25) is 4.98 Å². The van der Waals surface area contributed by atoms with Crippen LogP contribution in [-0.2, 0) is 0 Å². The number of fused-ring (bicyclic) bond motifs is 1. The van der Waals surface area contributed by atoms with Gasteiger partial charge in [-0.2, -0.15) is 0 Å². The van der Waals surface area contributed by atoms with Gasteiger partial charge in [0.25, 0.3) is 0 Å². The maximum absolute atomic E-state index is 11.3. The van der Waals surface area contributed by atoms with Crippen molar-refractivity contribution in [1.29, 1.82) is 0 Å². The molecule has 21 heavy (non-hydrogen) atoms. The van der Waals surface area contributed by atoms with Crippen molar-refractivity contribution in [1.82, 2.24) is 10.3 Å². The standard InChI is InChI=1S/C16H15IN2O2/c1-2-18-15(10-3-6-12(17)7-4-10)11-5-8-13-14(9-11)21-16(20)19-13/h3-9,15,18H,2H2,1H3,(H,19,20). The SMILES string of the molecule is CCNC(c1ccc(I)cc1)c1ccc2[nH]c(=O)oc2c1. The monoisotopic (exact) mass is 394 g/mol. The molecule has 0 fully saturated rings. The molecule has 3 rings (SSSR count). The van der Waals surface area contributed by atoms with E-state index in [0.717, 1.165) is 17.6 Å². The number of H-pyrrole nitrogens is 1. The Kier molecular flexibility index (Phi) is 4.12. The number of rotatable bonds is 4. The summed E-state index contributed by atoms with van der Waals surface area (Å²) < 4.78 is 6.36. The highest BCUT2D eigenvalue weighted by Gasteiger charge is 2.14. The molecule has 2 aromatic carbocycles. The van der Waals surface area contributed by atoms with E-state index in [-0.39, 0.29) is 6.04 Å². The first-order valence-corrected chi connectivity index (χ1v) is 7.87. The van der Waals surface area contributed by atoms with Crippen LogP contribution in [0.2, 0.25) is 0 Å². The summed E-state index contributed by atoms with van der Waals surface area (Å²) in [5.74, 6) is -0.420. The fourth-order valence-electron chi connectivity index (χ4n) is 2.43. The van der Waals surface area contributed by atoms with Crippen molar-refractivity contribution < 1.29 is 4.42 Å². The van der Waals surface area contributed by atoms with Crippen molar-refractivity contribution in [3.8, 4) is 0 Å². The zero-order valence-corrected chi connectivity index (χ0v) is 13.7. The van der Waals surface area contributed by atoms with Crippen molar-refractivity contribution in [2.24, 2.45) is 0 Å². The smallest absolute Gasteiger partial charge is 0.408 e. The minimum Gasteiger partial charge on any atom is -0.408 e. The van der Waals surface area contributed by atoms with E-state index in [0.29, 0.717) is 5.58 Å². The first-order valence-electron chi connectivity index (χ1n) is 6.79. The van der Waals surface area contributed by atoms with Gasteiger partial charge in [0, 0.05) is 3.57 Å². The van der Waals surface area contributed by atoms with E-state index in [1.54, 1.807) is 0 Å². The molecule has 4 nitrogen and oxygen atoms in total. The Hall–Kier alpha value is -1.60. The van der Waals surface area contributed by atoms with E-state index in [1.165, 1.54) is 9.13 Å². The summed E-state index contributed by atoms with van der Waals surface area (Å²) in [6.45, 7) is 2.93. The number of oxazole rings is 1. The van der Waals surface area contributed by atoms with Crippen molar-refractivity contribution in [3.05, 3.63) is 67.7 Å². The predicted molar refractivity (Wildman–Crippen MR) is 91.5 cm³/mol. The second kappa shape index (κ2) is 6.03. The van der Waals surface area contributed by atoms with E-state index in [1.807, 2.05) is 18.2 Å². The molecule has 1 unspecified atom stereocenters. The minimum absolute atomic E-state index is 0.0802. The van der Waals surface area contributed by atoms with Gasteiger partial charge in [-0.15, -0.1) is 0 Å². The Balaban J connectivity index is 2.05. The second-order valence-corrected chi connectivity index (χ2v) is 6.06. The second-order valence-electron chi connectivity index (χ2n) is 4.81. The van der Waals surface area contributed by atoms with Gasteiger partial charge in [0.1, 0.15) is 0 Å². The topological polar surface area (TPSA) is 58.0 Å². The average Bonchev–Trinajstić information content (AvgIpc) is 2.85. The molecule has 1 heterocycles. The molecule has 0 aliphatic rings. The normalized spacial score (nSPS) is 12.7. The molecule has 0 bridgehead atoms. The maximum atomic E-state index is 11.3. The maximum Gasteiger partial charge on any atom is 0.417 e. The van der Waals surface area contributed by atoms with Crippen LogP contribution in [0, 0.1) is 3.57 Å². The van der Waals surface area contributed by atoms with Gasteiger partial charge >= 0.3 is 5.76 Å². The zero-order valence-electron chi connectivity index (χ0n) is 11.5. The van der Waals surface area contributed by atoms with Crippen LogP contribution in [-0.4, -0.2) is 11.5 Å². The molecule has 2 N–H and O–H groups in total. The van der Waals surface area contributed by atoms with Gasteiger partial charge < -0.3 is 9.73 Å². The molecule has 1 atom stereocenters. The van der Waals surface area contributed by atoms with Crippen LogP contribution in [0.1, 0.15) is 24.1 Å². The quantitative estimate of drug-likeness (QED) is 0.667. The summed E-state index contributed by atoms with van der Waals surface area (Å²) in [5.41, 5.74) is 3.58. The summed E-state index contributed by atoms with van der Waals surface area (Å²) in [5, 5.41) is 3.47. The van der Waals surface area contributed by atoms with Gasteiger partial charge in [-0.1, -0.05) is 25.1 Å². The third kappa shape index (κ3) is 3.03. The largest absolute Gasteiger partial charge is 0.417 e. The highest BCUT2D eigenvalue weighted by Crippen LogP contribution is 2.25. The van der Waals surface area contributed by atoms with Gasteiger partial charge in [-0.05, 0) is 64.5 Å². The lowest BCUT2D eigenvalue weighted by Crippen LogP contribution is -2.21. The average molecular weight is 394 g/mol. The molecule has 0 saturated heterocycles. The molecule has 0 saturated carbocycles. The van der Waals surface area contributed by atoms with E-state index in [4.69, 9.17) is 4.42 Å².